The summed E-state index contributed by atoms with van der Waals surface area (Å²) in [5.74, 6) is -6.06. The smallest absolute Gasteiger partial charge is 0.338 e. The van der Waals surface area contributed by atoms with Gasteiger partial charge in [0.15, 0.2) is 23.6 Å². The van der Waals surface area contributed by atoms with Crippen molar-refractivity contribution < 1.29 is 67.4 Å². The second kappa shape index (κ2) is 26.2. The molecule has 15 nitrogen and oxygen atoms in total. The van der Waals surface area contributed by atoms with Crippen molar-refractivity contribution in [2.24, 2.45) is 22.7 Å². The molecule has 3 aromatic rings. The van der Waals surface area contributed by atoms with Gasteiger partial charge in [0.25, 0.3) is 5.91 Å². The van der Waals surface area contributed by atoms with Gasteiger partial charge in [-0.05, 0) is 74.1 Å². The third-order valence-electron chi connectivity index (χ3n) is 17.6. The summed E-state index contributed by atoms with van der Waals surface area (Å²) in [4.78, 5) is 86.9. The number of rotatable bonds is 25. The van der Waals surface area contributed by atoms with Gasteiger partial charge in [-0.3, -0.25) is 19.2 Å². The van der Waals surface area contributed by atoms with Gasteiger partial charge in [-0.2, -0.15) is 0 Å². The third-order valence-corrected chi connectivity index (χ3v) is 17.6. The van der Waals surface area contributed by atoms with Crippen molar-refractivity contribution in [2.45, 2.75) is 212 Å². The summed E-state index contributed by atoms with van der Waals surface area (Å²) in [5.41, 5.74) is -6.55. The van der Waals surface area contributed by atoms with E-state index in [0.29, 0.717) is 17.5 Å². The first-order valence-electron chi connectivity index (χ1n) is 28.8. The van der Waals surface area contributed by atoms with Gasteiger partial charge in [-0.1, -0.05) is 165 Å². The van der Waals surface area contributed by atoms with Crippen LogP contribution in [0.25, 0.3) is 0 Å². The summed E-state index contributed by atoms with van der Waals surface area (Å²) in [5, 5.41) is 29.5. The molecule has 13 atom stereocenters. The maximum atomic E-state index is 15.9. The molecule has 0 spiro atoms. The zero-order chi connectivity index (χ0) is 57.3. The molecular weight excluding hydrogens is 1010 g/mol. The zero-order valence-corrected chi connectivity index (χ0v) is 47.8. The molecule has 2 bridgehead atoms. The molecule has 3 N–H and O–H groups in total. The number of ether oxygens (including phenoxy) is 6. The molecule has 0 aromatic heterocycles. The van der Waals surface area contributed by atoms with Crippen LogP contribution in [-0.2, 0) is 47.6 Å². The predicted octanol–water partition coefficient (Wildman–Crippen LogP) is 10.5. The Hall–Kier alpha value is -5.74. The number of esters is 4. The molecule has 1 amide bonds. The summed E-state index contributed by atoms with van der Waals surface area (Å²) in [6.07, 6.45) is 3.45. The Labute approximate surface area is 466 Å². The number of amides is 1. The average molecular weight is 1090 g/mol. The minimum Gasteiger partial charge on any atom is -0.456 e. The maximum Gasteiger partial charge on any atom is 0.338 e. The van der Waals surface area contributed by atoms with E-state index in [-0.39, 0.29) is 35.7 Å². The molecule has 2 unspecified atom stereocenters. The van der Waals surface area contributed by atoms with Crippen LogP contribution in [0.15, 0.2) is 102 Å². The molecule has 7 rings (SSSR count). The van der Waals surface area contributed by atoms with Gasteiger partial charge in [0.1, 0.15) is 23.9 Å². The van der Waals surface area contributed by atoms with E-state index >= 15 is 9.59 Å². The molecule has 3 fully saturated rings. The van der Waals surface area contributed by atoms with Gasteiger partial charge >= 0.3 is 23.9 Å². The fourth-order valence-corrected chi connectivity index (χ4v) is 13.3. The Kier molecular flexibility index (Phi) is 20.2. The molecule has 1 aliphatic heterocycles. The van der Waals surface area contributed by atoms with Crippen LogP contribution in [0.4, 0.5) is 0 Å². The lowest BCUT2D eigenvalue weighted by atomic mass is 9.44. The lowest BCUT2D eigenvalue weighted by Crippen LogP contribution is -2.82. The summed E-state index contributed by atoms with van der Waals surface area (Å²) in [6.45, 7) is 14.6. The first-order chi connectivity index (χ1) is 37.6. The zero-order valence-electron chi connectivity index (χ0n) is 47.8. The van der Waals surface area contributed by atoms with E-state index in [1.807, 2.05) is 13.0 Å². The van der Waals surface area contributed by atoms with Crippen LogP contribution < -0.4 is 5.32 Å². The fourth-order valence-electron chi connectivity index (χ4n) is 13.3. The molecule has 3 aliphatic carbocycles. The Morgan fingerprint density at radius 3 is 1.89 bits per heavy atom. The van der Waals surface area contributed by atoms with Gasteiger partial charge in [-0.25, -0.2) is 9.59 Å². The third kappa shape index (κ3) is 13.1. The summed E-state index contributed by atoms with van der Waals surface area (Å²) in [6, 6.07) is 24.5. The van der Waals surface area contributed by atoms with Crippen LogP contribution >= 0.6 is 0 Å². The maximum absolute atomic E-state index is 15.9. The number of hydrogen-bond acceptors (Lipinski definition) is 14. The largest absolute Gasteiger partial charge is 0.456 e. The van der Waals surface area contributed by atoms with E-state index in [1.165, 1.54) is 77.3 Å². The number of ketones is 1. The first-order valence-corrected chi connectivity index (χ1v) is 28.8. The summed E-state index contributed by atoms with van der Waals surface area (Å²) in [7, 11) is 0. The lowest BCUT2D eigenvalue weighted by molar-refractivity contribution is -0.346. The minimum atomic E-state index is -2.37. The molecule has 2 saturated carbocycles. The van der Waals surface area contributed by atoms with Crippen molar-refractivity contribution in [1.29, 1.82) is 0 Å². The van der Waals surface area contributed by atoms with Gasteiger partial charge in [0, 0.05) is 37.7 Å². The van der Waals surface area contributed by atoms with Crippen molar-refractivity contribution in [1.82, 2.24) is 5.32 Å². The van der Waals surface area contributed by atoms with Crippen molar-refractivity contribution in [2.75, 3.05) is 6.61 Å². The van der Waals surface area contributed by atoms with Crippen molar-refractivity contribution in [3.63, 3.8) is 0 Å². The van der Waals surface area contributed by atoms with Crippen molar-refractivity contribution >= 4 is 35.6 Å². The number of aliphatic hydroxyl groups excluding tert-OH is 1. The standard InChI is InChI=1S/C64H85NO14/c1-10-11-12-13-14-15-16-17-18-22-29-40(2)36-41(3)75-54(52(45-30-23-19-24-31-45)65-58(70)46-32-25-20-26-33-46)60(72)77-48-38-64(73)57(78-59(71)47-34-27-21-28-35-47)55-62(9,49(68)37-50-63(55,39-74-50)79-44(6)67)56(69)53(76-43(5)66)51(42(48)4)61(64,7)8/h19-21,23-28,30-35,40-41,48-50,52-55,57,68,73H,10-18,22,29,36-39H2,1-9H3,(H,65,70)/t40?,41?,48-,49-,50+,52-,53+,54+,55-,57-,62+,63-,64+/m0/s1. The normalized spacial score (nSPS) is 28.4. The molecule has 0 radical (unpaired) electrons. The van der Waals surface area contributed by atoms with Gasteiger partial charge in [-0.15, -0.1) is 0 Å². The number of aliphatic hydroxyl groups is 2. The number of unbranched alkanes of at least 4 members (excludes halogenated alkanes) is 9. The molecule has 1 heterocycles. The number of Topliss-reactive ketones (excluding diaryl/α,β-unsaturated/α-hetero) is 1. The second-order valence-electron chi connectivity index (χ2n) is 23.6. The van der Waals surface area contributed by atoms with Gasteiger partial charge < -0.3 is 44.0 Å². The van der Waals surface area contributed by atoms with Crippen molar-refractivity contribution in [3.05, 3.63) is 119 Å². The molecule has 15 heteroatoms. The van der Waals surface area contributed by atoms with Crippen molar-refractivity contribution in [3.8, 4) is 0 Å². The van der Waals surface area contributed by atoms with E-state index in [9.17, 15) is 29.4 Å². The van der Waals surface area contributed by atoms with Crippen LogP contribution in [0.2, 0.25) is 0 Å². The van der Waals surface area contributed by atoms with Crippen LogP contribution in [-0.4, -0.2) is 106 Å². The Bertz CT molecular complexity index is 2620. The quantitative estimate of drug-likeness (QED) is 0.0312. The van der Waals surface area contributed by atoms with E-state index in [2.05, 4.69) is 19.2 Å². The Morgan fingerprint density at radius 1 is 0.759 bits per heavy atom. The highest BCUT2D eigenvalue weighted by Gasteiger charge is 2.78. The van der Waals surface area contributed by atoms with E-state index < -0.39 is 119 Å². The number of fused-ring (bicyclic) bond motifs is 5. The SMILES string of the molecule is CCCCCCCCCCCCC(C)CC(C)O[C@@H](C(=O)O[C@H]1C[C@@]2(O)[C@@H](OC(=O)c3ccccc3)[C@@H]3[C@]4(OC(C)=O)CO[C@@H]4C[C@H](O)[C@@]3(C)C(=O)[C@H](OC(C)=O)C(=C1C)C2(C)C)[C@@H](NC(=O)c1ccccc1)c1ccccc1. The fraction of sp³-hybridized carbons (Fsp3) is 0.594. The second-order valence-corrected chi connectivity index (χ2v) is 23.6. The number of carbonyl (C=O) groups excluding carboxylic acids is 6. The number of carbonyl (C=O) groups is 6. The number of hydrogen-bond donors (Lipinski definition) is 3. The monoisotopic (exact) mass is 1090 g/mol. The average Bonchev–Trinajstić information content (AvgIpc) is 3.28. The summed E-state index contributed by atoms with van der Waals surface area (Å²) < 4.78 is 38.3. The van der Waals surface area contributed by atoms with Crippen LogP contribution in [0.3, 0.4) is 0 Å². The first kappa shape index (κ1) is 60.9. The number of nitrogens with one attached hydrogen (secondary N) is 1. The highest BCUT2D eigenvalue weighted by atomic mass is 16.6. The van der Waals surface area contributed by atoms with E-state index in [0.717, 1.165) is 26.2 Å². The predicted molar refractivity (Wildman–Crippen MR) is 296 cm³/mol. The van der Waals surface area contributed by atoms with E-state index in [1.54, 1.807) is 93.6 Å². The molecule has 79 heavy (non-hydrogen) atoms. The van der Waals surface area contributed by atoms with E-state index in [4.69, 9.17) is 28.4 Å². The highest BCUT2D eigenvalue weighted by molar-refractivity contribution is 5.96. The Morgan fingerprint density at radius 2 is 1.33 bits per heavy atom. The van der Waals surface area contributed by atoms with Crippen LogP contribution in [0.1, 0.15) is 185 Å². The molecule has 4 aliphatic rings. The summed E-state index contributed by atoms with van der Waals surface area (Å²) >= 11 is 0. The van der Waals surface area contributed by atoms with Gasteiger partial charge in [0.05, 0.1) is 41.8 Å². The van der Waals surface area contributed by atoms with Crippen LogP contribution in [0, 0.1) is 22.7 Å². The lowest BCUT2D eigenvalue weighted by Gasteiger charge is -2.67. The minimum absolute atomic E-state index is 0.0593. The Balaban J connectivity index is 1.30. The molecule has 430 valence electrons. The highest BCUT2D eigenvalue weighted by Crippen LogP contribution is 2.64. The topological polar surface area (TPSA) is 210 Å². The number of benzene rings is 3. The molecular formula is C64H85NO14. The van der Waals surface area contributed by atoms with Gasteiger partial charge in [0.2, 0.25) is 0 Å². The molecule has 3 aromatic carbocycles. The molecule has 1 saturated heterocycles. The van der Waals surface area contributed by atoms with Crippen LogP contribution in [0.5, 0.6) is 0 Å².